The Morgan fingerprint density at radius 2 is 1.20 bits per heavy atom. The van der Waals surface area contributed by atoms with E-state index in [4.69, 9.17) is 0 Å². The molecule has 0 amide bonds. The topological polar surface area (TPSA) is 68.3 Å². The maximum absolute atomic E-state index is 11.5. The van der Waals surface area contributed by atoms with Crippen LogP contribution in [-0.4, -0.2) is 30.6 Å². The first-order valence-corrected chi connectivity index (χ1v) is 6.54. The summed E-state index contributed by atoms with van der Waals surface area (Å²) in [5, 5.41) is -1.28. The van der Waals surface area contributed by atoms with Gasteiger partial charge in [0.25, 0.3) is 8.07 Å². The van der Waals surface area contributed by atoms with Crippen LogP contribution in [0.25, 0.3) is 0 Å². The second kappa shape index (κ2) is 4.93. The van der Waals surface area contributed by atoms with Crippen molar-refractivity contribution >= 4 is 30.6 Å². The van der Waals surface area contributed by atoms with Crippen LogP contribution in [0.4, 0.5) is 0 Å². The molecule has 82 valence electrons. The molecule has 0 unspecified atom stereocenters. The summed E-state index contributed by atoms with van der Waals surface area (Å²) in [7, 11) is -3.42. The molecule has 5 heteroatoms. The second-order valence-electron chi connectivity index (χ2n) is 3.48. The smallest absolute Gasteiger partial charge is 0.300 e. The molecule has 0 radical (unpaired) electrons. The van der Waals surface area contributed by atoms with Crippen molar-refractivity contribution in [2.75, 3.05) is 0 Å². The number of rotatable bonds is 5. The van der Waals surface area contributed by atoms with Crippen molar-refractivity contribution in [2.45, 2.75) is 27.7 Å². The Morgan fingerprint density at radius 3 is 1.40 bits per heavy atom. The molecule has 0 aliphatic rings. The third-order valence-electron chi connectivity index (χ3n) is 2.30. The number of hydrogen-bond acceptors (Lipinski definition) is 4. The SMILES string of the molecule is CC(=O)[Si](C=C(C)C=O)(C(C)=O)C(C)=O. The van der Waals surface area contributed by atoms with Gasteiger partial charge in [0.15, 0.2) is 0 Å². The minimum atomic E-state index is -3.42. The van der Waals surface area contributed by atoms with Gasteiger partial charge in [-0.05, 0) is 33.3 Å². The van der Waals surface area contributed by atoms with Crippen LogP contribution in [0.5, 0.6) is 0 Å². The monoisotopic (exact) mass is 226 g/mol. The quantitative estimate of drug-likeness (QED) is 0.389. The molecule has 0 saturated heterocycles. The van der Waals surface area contributed by atoms with Gasteiger partial charge in [-0.15, -0.1) is 0 Å². The average Bonchev–Trinajstić information content (AvgIpc) is 2.11. The molecule has 0 aromatic carbocycles. The van der Waals surface area contributed by atoms with Crippen molar-refractivity contribution in [1.82, 2.24) is 0 Å². The van der Waals surface area contributed by atoms with Crippen LogP contribution in [0.2, 0.25) is 0 Å². The Hall–Kier alpha value is -1.36. The van der Waals surface area contributed by atoms with E-state index in [0.717, 1.165) is 0 Å². The summed E-state index contributed by atoms with van der Waals surface area (Å²) in [6.45, 7) is 5.15. The van der Waals surface area contributed by atoms with Gasteiger partial charge in [0.2, 0.25) is 0 Å². The lowest BCUT2D eigenvalue weighted by atomic mass is 10.4. The van der Waals surface area contributed by atoms with E-state index in [-0.39, 0.29) is 5.57 Å². The molecule has 0 heterocycles. The summed E-state index contributed by atoms with van der Waals surface area (Å²) in [6, 6.07) is 0. The van der Waals surface area contributed by atoms with Crippen molar-refractivity contribution in [3.8, 4) is 0 Å². The van der Waals surface area contributed by atoms with Gasteiger partial charge in [-0.3, -0.25) is 4.79 Å². The lowest BCUT2D eigenvalue weighted by Crippen LogP contribution is -2.55. The Kier molecular flexibility index (Phi) is 4.48. The van der Waals surface area contributed by atoms with Gasteiger partial charge in [-0.1, -0.05) is 5.70 Å². The lowest BCUT2D eigenvalue weighted by Gasteiger charge is -2.18. The Balaban J connectivity index is 5.76. The first-order valence-electron chi connectivity index (χ1n) is 4.46. The largest absolute Gasteiger partial charge is 0.304 e. The fourth-order valence-electron chi connectivity index (χ4n) is 1.42. The number of carbonyl (C=O) groups excluding carboxylic acids is 4. The molecule has 0 N–H and O–H groups in total. The second-order valence-corrected chi connectivity index (χ2v) is 7.50. The minimum Gasteiger partial charge on any atom is -0.304 e. The van der Waals surface area contributed by atoms with Crippen LogP contribution in [-0.2, 0) is 19.2 Å². The van der Waals surface area contributed by atoms with E-state index < -0.39 is 24.3 Å². The van der Waals surface area contributed by atoms with Gasteiger partial charge in [-0.25, -0.2) is 0 Å². The van der Waals surface area contributed by atoms with Crippen LogP contribution in [0.3, 0.4) is 0 Å². The third-order valence-corrected chi connectivity index (χ3v) is 6.52. The van der Waals surface area contributed by atoms with Crippen molar-refractivity contribution in [1.29, 1.82) is 0 Å². The molecule has 0 aromatic heterocycles. The Labute approximate surface area is 89.4 Å². The Morgan fingerprint density at radius 1 is 0.867 bits per heavy atom. The summed E-state index contributed by atoms with van der Waals surface area (Å²) >= 11 is 0. The molecule has 0 spiro atoms. The van der Waals surface area contributed by atoms with Crippen LogP contribution in [0.1, 0.15) is 27.7 Å². The van der Waals surface area contributed by atoms with Crippen molar-refractivity contribution in [2.24, 2.45) is 0 Å². The molecule has 0 fully saturated rings. The zero-order chi connectivity index (χ0) is 12.2. The number of hydrogen-bond donors (Lipinski definition) is 0. The zero-order valence-electron chi connectivity index (χ0n) is 9.29. The summed E-state index contributed by atoms with van der Waals surface area (Å²) in [4.78, 5) is 44.8. The van der Waals surface area contributed by atoms with E-state index in [9.17, 15) is 19.2 Å². The van der Waals surface area contributed by atoms with Gasteiger partial charge in [0.05, 0.1) is 0 Å². The maximum atomic E-state index is 11.5. The van der Waals surface area contributed by atoms with E-state index in [1.165, 1.54) is 33.4 Å². The molecule has 0 aromatic rings. The number of allylic oxidation sites excluding steroid dienone is 1. The van der Waals surface area contributed by atoms with E-state index in [0.29, 0.717) is 6.29 Å². The van der Waals surface area contributed by atoms with Gasteiger partial charge in [0, 0.05) is 0 Å². The Bertz CT molecular complexity index is 318. The summed E-state index contributed by atoms with van der Waals surface area (Å²) in [5.74, 6) is 0. The summed E-state index contributed by atoms with van der Waals surface area (Å²) in [6.07, 6.45) is 0.538. The predicted molar refractivity (Wildman–Crippen MR) is 57.6 cm³/mol. The molecule has 0 rings (SSSR count). The van der Waals surface area contributed by atoms with Crippen molar-refractivity contribution < 1.29 is 19.2 Å². The van der Waals surface area contributed by atoms with Crippen LogP contribution in [0.15, 0.2) is 11.3 Å². The third kappa shape index (κ3) is 2.56. The van der Waals surface area contributed by atoms with Gasteiger partial charge >= 0.3 is 0 Å². The van der Waals surface area contributed by atoms with Crippen molar-refractivity contribution in [3.05, 3.63) is 11.3 Å². The molecule has 0 aliphatic carbocycles. The van der Waals surface area contributed by atoms with E-state index in [1.807, 2.05) is 0 Å². The fourth-order valence-corrected chi connectivity index (χ4v) is 4.27. The maximum Gasteiger partial charge on any atom is 0.300 e. The molecule has 0 atom stereocenters. The standard InChI is InChI=1S/C10H14O4Si/c1-7(5-11)6-15(8(2)12,9(3)13)10(4)14/h5-6H,1-4H3. The highest BCUT2D eigenvalue weighted by molar-refractivity contribution is 7.42. The van der Waals surface area contributed by atoms with Crippen LogP contribution < -0.4 is 0 Å². The molecule has 0 aliphatic heterocycles. The van der Waals surface area contributed by atoms with Gasteiger partial charge in [-0.2, -0.15) is 0 Å². The van der Waals surface area contributed by atoms with E-state index in [1.54, 1.807) is 0 Å². The highest BCUT2D eigenvalue weighted by Gasteiger charge is 2.47. The van der Waals surface area contributed by atoms with E-state index >= 15 is 0 Å². The minimum absolute atomic E-state index is 0.252. The lowest BCUT2D eigenvalue weighted by molar-refractivity contribution is -0.117. The molecular formula is C10H14O4Si. The van der Waals surface area contributed by atoms with E-state index in [2.05, 4.69) is 0 Å². The average molecular weight is 226 g/mol. The zero-order valence-corrected chi connectivity index (χ0v) is 10.3. The molecular weight excluding hydrogens is 212 g/mol. The fraction of sp³-hybridized carbons (Fsp3) is 0.400. The molecule has 0 bridgehead atoms. The molecule has 0 saturated carbocycles. The van der Waals surface area contributed by atoms with Gasteiger partial charge < -0.3 is 14.4 Å². The highest BCUT2D eigenvalue weighted by Crippen LogP contribution is 2.12. The molecule has 4 nitrogen and oxygen atoms in total. The first-order chi connectivity index (χ1) is 6.78. The normalized spacial score (nSPS) is 12.1. The number of carbonyl (C=O) groups is 4. The van der Waals surface area contributed by atoms with Crippen LogP contribution >= 0.6 is 0 Å². The summed E-state index contributed by atoms with van der Waals surface area (Å²) < 4.78 is 0. The predicted octanol–water partition coefficient (Wildman–Crippen LogP) is 0.504. The highest BCUT2D eigenvalue weighted by atomic mass is 28.3. The number of aldehydes is 1. The van der Waals surface area contributed by atoms with Crippen LogP contribution in [0, 0.1) is 0 Å². The first kappa shape index (κ1) is 13.6. The molecule has 15 heavy (non-hydrogen) atoms. The van der Waals surface area contributed by atoms with Crippen molar-refractivity contribution in [3.63, 3.8) is 0 Å². The summed E-state index contributed by atoms with van der Waals surface area (Å²) in [5.41, 5.74) is 1.52. The van der Waals surface area contributed by atoms with Gasteiger partial charge in [0.1, 0.15) is 22.5 Å².